The Hall–Kier alpha value is -1.03. The maximum absolute atomic E-state index is 12.3. The molecule has 5 atom stereocenters. The lowest BCUT2D eigenvalue weighted by molar-refractivity contribution is -0.292. The van der Waals surface area contributed by atoms with E-state index in [0.29, 0.717) is 44.8 Å². The summed E-state index contributed by atoms with van der Waals surface area (Å²) >= 11 is 1.62. The average Bonchev–Trinajstić information content (AvgIpc) is 2.86. The van der Waals surface area contributed by atoms with Crippen molar-refractivity contribution in [3.8, 4) is 0 Å². The number of aliphatic hydroxyl groups excluding tert-OH is 3. The molecule has 12 nitrogen and oxygen atoms in total. The summed E-state index contributed by atoms with van der Waals surface area (Å²) in [5.74, 6) is 0.272. The second-order valence-corrected chi connectivity index (χ2v) is 10.6. The number of aliphatic carboxylic acids is 1. The van der Waals surface area contributed by atoms with Crippen LogP contribution in [0.2, 0.25) is 0 Å². The number of amides is 1. The number of carbonyl (C=O) groups is 2. The Morgan fingerprint density at radius 1 is 0.973 bits per heavy atom. The average molecular weight is 553 g/mol. The molecule has 0 aromatic heterocycles. The van der Waals surface area contributed by atoms with Crippen molar-refractivity contribution >= 4 is 23.6 Å². The lowest BCUT2D eigenvalue weighted by atomic mass is 9.97. The molecule has 1 fully saturated rings. The SMILES string of the molecule is CCC1O[C@H](O)C(OCCCSCCNC(=O)CN(CCN(C)CCN(C)CC)CC(=O)O)[C@@H](O)[C@@H]1O. The molecule has 1 aliphatic rings. The number of carboxylic acids is 1. The van der Waals surface area contributed by atoms with Crippen molar-refractivity contribution in [1.29, 1.82) is 0 Å². The van der Waals surface area contributed by atoms with E-state index in [1.54, 1.807) is 23.6 Å². The maximum Gasteiger partial charge on any atom is 0.317 e. The Kier molecular flexibility index (Phi) is 17.5. The minimum Gasteiger partial charge on any atom is -0.480 e. The summed E-state index contributed by atoms with van der Waals surface area (Å²) in [6, 6.07) is 0. The molecule has 1 heterocycles. The Morgan fingerprint density at radius 2 is 1.65 bits per heavy atom. The molecular formula is C24H48N4O8S. The van der Waals surface area contributed by atoms with Crippen LogP contribution in [0.3, 0.4) is 0 Å². The van der Waals surface area contributed by atoms with Gasteiger partial charge in [0.05, 0.1) is 19.2 Å². The quantitative estimate of drug-likeness (QED) is 0.114. The standard InChI is InChI=1S/C24H48N4O8S/c1-5-18-21(32)22(33)23(24(34)36-18)35-13-7-14-37-15-8-25-19(29)16-28(17-20(30)31)12-11-27(4)10-9-26(3)6-2/h18,21-24,32-34H,5-17H2,1-4H3,(H,25,29)(H,30,31)/t18?,21-,22+,23?,24+/m1/s1. The Balaban J connectivity index is 2.19. The van der Waals surface area contributed by atoms with Gasteiger partial charge < -0.3 is 45.0 Å². The number of thioether (sulfide) groups is 1. The van der Waals surface area contributed by atoms with E-state index in [0.717, 1.165) is 25.4 Å². The zero-order chi connectivity index (χ0) is 27.8. The third-order valence-corrected chi connectivity index (χ3v) is 7.37. The van der Waals surface area contributed by atoms with Gasteiger partial charge in [-0.1, -0.05) is 13.8 Å². The minimum atomic E-state index is -1.28. The van der Waals surface area contributed by atoms with Gasteiger partial charge in [-0.25, -0.2) is 0 Å². The van der Waals surface area contributed by atoms with E-state index in [-0.39, 0.29) is 19.0 Å². The molecule has 0 aliphatic carbocycles. The number of hydrogen-bond acceptors (Lipinski definition) is 11. The number of likely N-dealkylation sites (N-methyl/N-ethyl adjacent to an activating group) is 2. The van der Waals surface area contributed by atoms with E-state index in [4.69, 9.17) is 9.47 Å². The first-order chi connectivity index (χ1) is 17.6. The third kappa shape index (κ3) is 14.1. The van der Waals surface area contributed by atoms with Crippen molar-refractivity contribution in [3.05, 3.63) is 0 Å². The Morgan fingerprint density at radius 3 is 2.30 bits per heavy atom. The predicted octanol–water partition coefficient (Wildman–Crippen LogP) is -1.27. The zero-order valence-electron chi connectivity index (χ0n) is 22.8. The molecule has 1 aliphatic heterocycles. The normalized spacial score (nSPS) is 24.2. The van der Waals surface area contributed by atoms with Gasteiger partial charge in [0.25, 0.3) is 0 Å². The highest BCUT2D eigenvalue weighted by Gasteiger charge is 2.43. The van der Waals surface area contributed by atoms with Gasteiger partial charge in [-0.3, -0.25) is 14.5 Å². The summed E-state index contributed by atoms with van der Waals surface area (Å²) < 4.78 is 10.8. The number of carboxylic acid groups (broad SMARTS) is 1. The van der Waals surface area contributed by atoms with Gasteiger partial charge in [-0.05, 0) is 39.2 Å². The molecule has 218 valence electrons. The van der Waals surface area contributed by atoms with Crippen LogP contribution in [0, 0.1) is 0 Å². The molecule has 2 unspecified atom stereocenters. The summed E-state index contributed by atoms with van der Waals surface area (Å²) in [5, 5.41) is 42.2. The minimum absolute atomic E-state index is 0.0341. The Bertz CT molecular complexity index is 650. The van der Waals surface area contributed by atoms with Crippen LogP contribution in [0.4, 0.5) is 0 Å². The summed E-state index contributed by atoms with van der Waals surface area (Å²) in [7, 11) is 4.04. The van der Waals surface area contributed by atoms with E-state index < -0.39 is 36.7 Å². The van der Waals surface area contributed by atoms with Crippen molar-refractivity contribution < 1.29 is 39.5 Å². The number of ether oxygens (including phenoxy) is 2. The maximum atomic E-state index is 12.3. The van der Waals surface area contributed by atoms with Gasteiger partial charge in [0.15, 0.2) is 6.29 Å². The number of nitrogens with one attached hydrogen (secondary N) is 1. The fraction of sp³-hybridized carbons (Fsp3) is 0.917. The topological polar surface area (TPSA) is 155 Å². The van der Waals surface area contributed by atoms with Crippen LogP contribution in [0.25, 0.3) is 0 Å². The van der Waals surface area contributed by atoms with Crippen molar-refractivity contribution in [1.82, 2.24) is 20.0 Å². The molecule has 13 heteroatoms. The number of rotatable bonds is 20. The van der Waals surface area contributed by atoms with E-state index in [1.807, 2.05) is 7.05 Å². The molecule has 0 aromatic rings. The van der Waals surface area contributed by atoms with Crippen molar-refractivity contribution in [2.24, 2.45) is 0 Å². The highest BCUT2D eigenvalue weighted by atomic mass is 32.2. The summed E-state index contributed by atoms with van der Waals surface area (Å²) in [6.07, 6.45) is -4.07. The lowest BCUT2D eigenvalue weighted by Gasteiger charge is -2.40. The van der Waals surface area contributed by atoms with E-state index >= 15 is 0 Å². The van der Waals surface area contributed by atoms with E-state index in [1.165, 1.54) is 0 Å². The fourth-order valence-electron chi connectivity index (χ4n) is 3.77. The molecule has 1 saturated heterocycles. The van der Waals surface area contributed by atoms with Crippen LogP contribution in [0.1, 0.15) is 26.7 Å². The van der Waals surface area contributed by atoms with E-state index in [9.17, 15) is 30.0 Å². The van der Waals surface area contributed by atoms with Crippen molar-refractivity contribution in [2.75, 3.05) is 84.6 Å². The van der Waals surface area contributed by atoms with Crippen LogP contribution >= 0.6 is 11.8 Å². The number of aliphatic hydroxyl groups is 3. The largest absolute Gasteiger partial charge is 0.480 e. The third-order valence-electron chi connectivity index (χ3n) is 6.30. The van der Waals surface area contributed by atoms with Gasteiger partial charge in [0.2, 0.25) is 5.91 Å². The summed E-state index contributed by atoms with van der Waals surface area (Å²) in [6.45, 7) is 8.44. The molecule has 0 bridgehead atoms. The molecule has 1 amide bonds. The molecule has 0 spiro atoms. The number of hydrogen-bond donors (Lipinski definition) is 5. The van der Waals surface area contributed by atoms with Crippen LogP contribution in [-0.2, 0) is 19.1 Å². The Labute approximate surface area is 225 Å². The monoisotopic (exact) mass is 552 g/mol. The van der Waals surface area contributed by atoms with Gasteiger partial charge in [0, 0.05) is 45.1 Å². The highest BCUT2D eigenvalue weighted by molar-refractivity contribution is 7.99. The molecular weight excluding hydrogens is 504 g/mol. The molecule has 37 heavy (non-hydrogen) atoms. The van der Waals surface area contributed by atoms with Gasteiger partial charge >= 0.3 is 5.97 Å². The number of nitrogens with zero attached hydrogens (tertiary/aromatic N) is 3. The molecule has 0 radical (unpaired) electrons. The highest BCUT2D eigenvalue weighted by Crippen LogP contribution is 2.24. The van der Waals surface area contributed by atoms with Gasteiger partial charge in [-0.2, -0.15) is 11.8 Å². The predicted molar refractivity (Wildman–Crippen MR) is 143 cm³/mol. The first-order valence-corrected chi connectivity index (χ1v) is 14.2. The van der Waals surface area contributed by atoms with Crippen LogP contribution in [-0.4, -0.2) is 162 Å². The van der Waals surface area contributed by atoms with Gasteiger partial charge in [-0.15, -0.1) is 0 Å². The summed E-state index contributed by atoms with van der Waals surface area (Å²) in [5.41, 5.74) is 0. The molecule has 1 rings (SSSR count). The molecule has 0 saturated carbocycles. The lowest BCUT2D eigenvalue weighted by Crippen LogP contribution is -2.58. The first-order valence-electron chi connectivity index (χ1n) is 13.1. The second-order valence-electron chi connectivity index (χ2n) is 9.41. The zero-order valence-corrected chi connectivity index (χ0v) is 23.6. The second kappa shape index (κ2) is 19.1. The van der Waals surface area contributed by atoms with Crippen LogP contribution in [0.5, 0.6) is 0 Å². The first kappa shape index (κ1) is 34.0. The van der Waals surface area contributed by atoms with Gasteiger partial charge in [0.1, 0.15) is 18.3 Å². The van der Waals surface area contributed by atoms with Crippen LogP contribution < -0.4 is 5.32 Å². The van der Waals surface area contributed by atoms with Crippen molar-refractivity contribution in [2.45, 2.75) is 57.4 Å². The van der Waals surface area contributed by atoms with Crippen molar-refractivity contribution in [3.63, 3.8) is 0 Å². The van der Waals surface area contributed by atoms with E-state index in [2.05, 4.69) is 29.1 Å². The fourth-order valence-corrected chi connectivity index (χ4v) is 4.54. The number of carbonyl (C=O) groups excluding carboxylic acids is 1. The van der Waals surface area contributed by atoms with Crippen LogP contribution in [0.15, 0.2) is 0 Å². The molecule has 0 aromatic carbocycles. The summed E-state index contributed by atoms with van der Waals surface area (Å²) in [4.78, 5) is 29.5. The smallest absolute Gasteiger partial charge is 0.317 e. The molecule has 5 N–H and O–H groups in total.